The lowest BCUT2D eigenvalue weighted by atomic mass is 9.72. The van der Waals surface area contributed by atoms with Gasteiger partial charge in [0.05, 0.1) is 47.6 Å². The summed E-state index contributed by atoms with van der Waals surface area (Å²) in [6.07, 6.45) is -5.06. The van der Waals surface area contributed by atoms with Gasteiger partial charge in [-0.1, -0.05) is 27.7 Å². The summed E-state index contributed by atoms with van der Waals surface area (Å²) < 4.78 is 39.6. The van der Waals surface area contributed by atoms with E-state index in [-0.39, 0.29) is 31.4 Å². The molecule has 0 aromatic carbocycles. The highest BCUT2D eigenvalue weighted by Crippen LogP contribution is 2.44. The van der Waals surface area contributed by atoms with Crippen molar-refractivity contribution < 1.29 is 63.5 Å². The van der Waals surface area contributed by atoms with Gasteiger partial charge in [-0.25, -0.2) is 0 Å². The first-order valence-electron chi connectivity index (χ1n) is 20.6. The van der Waals surface area contributed by atoms with Crippen LogP contribution >= 0.6 is 0 Å². The summed E-state index contributed by atoms with van der Waals surface area (Å²) >= 11 is 0. The van der Waals surface area contributed by atoms with Crippen molar-refractivity contribution in [2.45, 2.75) is 185 Å². The molecule has 0 spiro atoms. The first-order valence-corrected chi connectivity index (χ1v) is 20.6. The maximum Gasteiger partial charge on any atom is 0.311 e. The fourth-order valence-corrected chi connectivity index (χ4v) is 9.84. The molecule has 15 heteroatoms. The molecule has 0 aliphatic carbocycles. The Bertz CT molecular complexity index is 1470. The van der Waals surface area contributed by atoms with Crippen molar-refractivity contribution in [1.82, 2.24) is 9.47 Å². The van der Waals surface area contributed by atoms with E-state index < -0.39 is 108 Å². The molecule has 0 unspecified atom stereocenters. The number of aromatic nitrogens is 1. The largest absolute Gasteiger partial charge is 0.459 e. The summed E-state index contributed by atoms with van der Waals surface area (Å²) in [5, 5.41) is 59.5. The lowest BCUT2D eigenvalue weighted by molar-refractivity contribution is -0.318. The maximum atomic E-state index is 14.4. The molecule has 0 radical (unpaired) electrons. The quantitative estimate of drug-likeness (QED) is 0.180. The molecule has 3 aliphatic rings. The average Bonchev–Trinajstić information content (AvgIpc) is 3.61. The fraction of sp³-hybridized carbons (Fsp3) is 0.857. The number of likely N-dealkylation sites (N-methyl/N-ethyl adjacent to an activating group) is 1. The Hall–Kier alpha value is -2.02. The van der Waals surface area contributed by atoms with Crippen molar-refractivity contribution in [3.05, 3.63) is 24.0 Å². The number of aliphatic hydroxyl groups is 5. The molecule has 3 aliphatic heterocycles. The Morgan fingerprint density at radius 2 is 1.61 bits per heavy atom. The summed E-state index contributed by atoms with van der Waals surface area (Å²) in [7, 11) is 5.23. The Morgan fingerprint density at radius 3 is 2.18 bits per heavy atom. The number of carbonyl (C=O) groups is 2. The minimum atomic E-state index is -1.92. The Balaban J connectivity index is 1.90. The molecule has 4 heterocycles. The van der Waals surface area contributed by atoms with Crippen LogP contribution in [0.25, 0.3) is 0 Å². The summed E-state index contributed by atoms with van der Waals surface area (Å²) in [5.74, 6) is -3.74. The molecule has 328 valence electrons. The van der Waals surface area contributed by atoms with Crippen molar-refractivity contribution in [1.29, 1.82) is 0 Å². The van der Waals surface area contributed by atoms with Crippen LogP contribution in [0.15, 0.2) is 18.5 Å². The summed E-state index contributed by atoms with van der Waals surface area (Å²) in [4.78, 5) is 28.1. The predicted octanol–water partition coefficient (Wildman–Crippen LogP) is 3.07. The number of carbonyl (C=O) groups excluding carboxylic acids is 2. The number of rotatable bonds is 9. The van der Waals surface area contributed by atoms with Gasteiger partial charge < -0.3 is 63.4 Å². The van der Waals surface area contributed by atoms with E-state index in [1.165, 1.54) is 14.0 Å². The maximum absolute atomic E-state index is 14.4. The normalized spacial score (nSPS) is 47.0. The van der Waals surface area contributed by atoms with Crippen LogP contribution in [0.3, 0.4) is 0 Å². The van der Waals surface area contributed by atoms with Gasteiger partial charge in [-0.05, 0) is 86.9 Å². The number of aliphatic hydroxyl groups excluding tert-OH is 3. The second kappa shape index (κ2) is 18.7. The second-order valence-electron chi connectivity index (χ2n) is 18.2. The van der Waals surface area contributed by atoms with E-state index in [0.717, 1.165) is 6.29 Å². The zero-order valence-electron chi connectivity index (χ0n) is 36.3. The second-order valence-corrected chi connectivity index (χ2v) is 18.2. The van der Waals surface area contributed by atoms with E-state index in [4.69, 9.17) is 28.4 Å². The molecule has 5 N–H and O–H groups in total. The average molecular weight is 813 g/mol. The van der Waals surface area contributed by atoms with Crippen molar-refractivity contribution in [2.24, 2.45) is 23.7 Å². The number of cyclic esters (lactones) is 1. The van der Waals surface area contributed by atoms with Crippen LogP contribution in [-0.4, -0.2) is 153 Å². The van der Waals surface area contributed by atoms with E-state index in [9.17, 15) is 35.1 Å². The van der Waals surface area contributed by atoms with E-state index in [1.807, 2.05) is 32.8 Å². The van der Waals surface area contributed by atoms with E-state index in [2.05, 4.69) is 0 Å². The van der Waals surface area contributed by atoms with Crippen LogP contribution in [0.1, 0.15) is 111 Å². The predicted molar refractivity (Wildman–Crippen MR) is 210 cm³/mol. The number of aldehydes is 1. The third kappa shape index (κ3) is 10.1. The topological polar surface area (TPSA) is 199 Å². The van der Waals surface area contributed by atoms with E-state index in [1.54, 1.807) is 71.5 Å². The van der Waals surface area contributed by atoms with Gasteiger partial charge in [-0.2, -0.15) is 0 Å². The van der Waals surface area contributed by atoms with Gasteiger partial charge in [0.15, 0.2) is 18.9 Å². The summed E-state index contributed by atoms with van der Waals surface area (Å²) in [5.41, 5.74) is -4.28. The first-order chi connectivity index (χ1) is 26.4. The molecule has 0 bridgehead atoms. The molecule has 19 atom stereocenters. The molecular formula is C42H72N2O13. The number of nitrogens with zero attached hydrogens (tertiary/aromatic N) is 2. The SMILES string of the molecule is CC[C@H]1OC(=O)[C@H](C)[C@@H](O[C@H]2C[C@@](C)(OC)[C@@H](O)[C@H](C)O2)[C@H](C)[C@@H](O[C@@H]2O[C@H](C)C[C@H](N(C)C)[C@H]2O)[C@](C)(O)C[C@@H](C)[C@H](n2ccc(C=O)c2)[C@H](C)[C@@H](O)[C@]1(C)O. The molecule has 15 nitrogen and oxygen atoms in total. The third-order valence-electron chi connectivity index (χ3n) is 13.3. The van der Waals surface area contributed by atoms with Crippen LogP contribution in [0.2, 0.25) is 0 Å². The lowest BCUT2D eigenvalue weighted by Gasteiger charge is -2.49. The highest BCUT2D eigenvalue weighted by molar-refractivity contribution is 5.74. The van der Waals surface area contributed by atoms with Crippen LogP contribution in [0.4, 0.5) is 0 Å². The molecule has 3 saturated heterocycles. The van der Waals surface area contributed by atoms with Gasteiger partial charge in [0.2, 0.25) is 0 Å². The van der Waals surface area contributed by atoms with E-state index in [0.29, 0.717) is 12.0 Å². The monoisotopic (exact) mass is 813 g/mol. The van der Waals surface area contributed by atoms with Crippen molar-refractivity contribution >= 4 is 12.3 Å². The molecule has 3 fully saturated rings. The van der Waals surface area contributed by atoms with Crippen LogP contribution in [-0.2, 0) is 33.2 Å². The lowest BCUT2D eigenvalue weighted by Crippen LogP contribution is -2.61. The molecular weight excluding hydrogens is 740 g/mol. The van der Waals surface area contributed by atoms with Gasteiger partial charge >= 0.3 is 5.97 Å². The van der Waals surface area contributed by atoms with E-state index >= 15 is 0 Å². The fourth-order valence-electron chi connectivity index (χ4n) is 9.84. The Labute approximate surface area is 338 Å². The summed E-state index contributed by atoms with van der Waals surface area (Å²) in [6, 6.07) is 0.744. The smallest absolute Gasteiger partial charge is 0.311 e. The molecule has 1 aromatic heterocycles. The number of hydrogen-bond donors (Lipinski definition) is 5. The van der Waals surface area contributed by atoms with Gasteiger partial charge in [-0.3, -0.25) is 9.59 Å². The third-order valence-corrected chi connectivity index (χ3v) is 13.3. The van der Waals surface area contributed by atoms with Crippen molar-refractivity contribution in [3.8, 4) is 0 Å². The molecule has 0 saturated carbocycles. The number of hydrogen-bond acceptors (Lipinski definition) is 14. The van der Waals surface area contributed by atoms with Crippen molar-refractivity contribution in [2.75, 3.05) is 21.2 Å². The van der Waals surface area contributed by atoms with Crippen molar-refractivity contribution in [3.63, 3.8) is 0 Å². The zero-order chi connectivity index (χ0) is 42.9. The number of esters is 1. The number of ether oxygens (including phenoxy) is 6. The van der Waals surface area contributed by atoms with Gasteiger partial charge in [0.25, 0.3) is 0 Å². The highest BCUT2D eigenvalue weighted by Gasteiger charge is 2.54. The first kappa shape index (κ1) is 47.7. The number of methoxy groups -OCH3 is 1. The molecule has 4 rings (SSSR count). The van der Waals surface area contributed by atoms with Crippen LogP contribution in [0, 0.1) is 23.7 Å². The van der Waals surface area contributed by atoms with Gasteiger partial charge in [0, 0.05) is 55.4 Å². The Kier molecular flexibility index (Phi) is 15.6. The summed E-state index contributed by atoms with van der Waals surface area (Å²) in [6.45, 7) is 17.3. The standard InChI is InChI=1S/C42H72N2O13/c1-14-30-42(10,51)35(47)24(4)32(44-16-15-28(20-44)21-45)22(2)18-40(8,50)37(57-39-33(46)29(43(11)12)17-23(3)53-39)25(5)34(26(6)38(49)55-30)56-31-19-41(9,52-13)36(48)27(7)54-31/h15-16,20-27,29-37,39,46-48,50-51H,14,17-19H2,1-13H3/t22-,23-,24+,25+,26-,27+,29+,30-,31+,32+,33-,34+,35-,36+,37-,39+,40-,41-,42-/m1/s1. The molecule has 0 amide bonds. The van der Waals surface area contributed by atoms with Crippen LogP contribution in [0.5, 0.6) is 0 Å². The highest BCUT2D eigenvalue weighted by atomic mass is 16.7. The Morgan fingerprint density at radius 1 is 0.965 bits per heavy atom. The molecule has 1 aromatic rings. The minimum absolute atomic E-state index is 0.0591. The minimum Gasteiger partial charge on any atom is -0.459 e. The molecule has 57 heavy (non-hydrogen) atoms. The van der Waals surface area contributed by atoms with Gasteiger partial charge in [-0.15, -0.1) is 0 Å². The van der Waals surface area contributed by atoms with Crippen LogP contribution < -0.4 is 0 Å². The zero-order valence-corrected chi connectivity index (χ0v) is 36.3. The van der Waals surface area contributed by atoms with Gasteiger partial charge in [0.1, 0.15) is 23.9 Å².